The summed E-state index contributed by atoms with van der Waals surface area (Å²) in [4.78, 5) is 1.98. The standard InChI is InChI=1S/C13H19NO3/c1-9(10-5-3-2-4-6-10)14-7-11(15)13(17)12(16)8-14/h2-6,9,11-13,15-17H,7-8H2,1H3. The van der Waals surface area contributed by atoms with E-state index < -0.39 is 18.3 Å². The van der Waals surface area contributed by atoms with Gasteiger partial charge in [0.2, 0.25) is 0 Å². The van der Waals surface area contributed by atoms with Crippen LogP contribution >= 0.6 is 0 Å². The molecule has 0 spiro atoms. The van der Waals surface area contributed by atoms with Gasteiger partial charge in [-0.05, 0) is 12.5 Å². The highest BCUT2D eigenvalue weighted by molar-refractivity contribution is 5.18. The Labute approximate surface area is 101 Å². The Kier molecular flexibility index (Phi) is 3.79. The predicted octanol–water partition coefficient (Wildman–Crippen LogP) is 0.146. The summed E-state index contributed by atoms with van der Waals surface area (Å²) in [6, 6.07) is 10.1. The molecule has 1 aliphatic heterocycles. The normalized spacial score (nSPS) is 32.4. The van der Waals surface area contributed by atoms with E-state index in [0.29, 0.717) is 13.1 Å². The number of benzene rings is 1. The SMILES string of the molecule is CC(c1ccccc1)N1CC(O)C(O)C(O)C1. The summed E-state index contributed by atoms with van der Waals surface area (Å²) in [5.74, 6) is 0. The Morgan fingerprint density at radius 2 is 1.59 bits per heavy atom. The van der Waals surface area contributed by atoms with E-state index in [0.717, 1.165) is 5.56 Å². The lowest BCUT2D eigenvalue weighted by molar-refractivity contribution is -0.117. The largest absolute Gasteiger partial charge is 0.389 e. The third kappa shape index (κ3) is 2.66. The van der Waals surface area contributed by atoms with Gasteiger partial charge in [0, 0.05) is 19.1 Å². The van der Waals surface area contributed by atoms with Gasteiger partial charge in [-0.1, -0.05) is 30.3 Å². The number of aliphatic hydroxyl groups excluding tert-OH is 3. The number of rotatable bonds is 2. The molecular formula is C13H19NO3. The minimum Gasteiger partial charge on any atom is -0.389 e. The van der Waals surface area contributed by atoms with Gasteiger partial charge >= 0.3 is 0 Å². The fourth-order valence-electron chi connectivity index (χ4n) is 2.29. The summed E-state index contributed by atoms with van der Waals surface area (Å²) >= 11 is 0. The quantitative estimate of drug-likeness (QED) is 0.685. The first-order chi connectivity index (χ1) is 8.09. The molecule has 1 saturated heterocycles. The molecule has 0 bridgehead atoms. The van der Waals surface area contributed by atoms with Gasteiger partial charge in [0.1, 0.15) is 6.10 Å². The monoisotopic (exact) mass is 237 g/mol. The van der Waals surface area contributed by atoms with E-state index in [-0.39, 0.29) is 6.04 Å². The molecule has 0 aliphatic carbocycles. The van der Waals surface area contributed by atoms with Crippen molar-refractivity contribution in [2.75, 3.05) is 13.1 Å². The fraction of sp³-hybridized carbons (Fsp3) is 0.538. The third-order valence-corrected chi connectivity index (χ3v) is 3.46. The maximum absolute atomic E-state index is 9.66. The molecule has 3 N–H and O–H groups in total. The average Bonchev–Trinajstić information content (AvgIpc) is 2.35. The second-order valence-electron chi connectivity index (χ2n) is 4.67. The average molecular weight is 237 g/mol. The van der Waals surface area contributed by atoms with Gasteiger partial charge in [-0.2, -0.15) is 0 Å². The van der Waals surface area contributed by atoms with E-state index >= 15 is 0 Å². The molecule has 1 aromatic carbocycles. The smallest absolute Gasteiger partial charge is 0.108 e. The minimum absolute atomic E-state index is 0.119. The van der Waals surface area contributed by atoms with Gasteiger partial charge in [0.15, 0.2) is 0 Å². The Morgan fingerprint density at radius 1 is 1.06 bits per heavy atom. The van der Waals surface area contributed by atoms with Crippen LogP contribution in [0.25, 0.3) is 0 Å². The van der Waals surface area contributed by atoms with Gasteiger partial charge < -0.3 is 15.3 Å². The molecule has 1 heterocycles. The summed E-state index contributed by atoms with van der Waals surface area (Å²) in [6.07, 6.45) is -2.80. The molecule has 94 valence electrons. The van der Waals surface area contributed by atoms with Crippen LogP contribution in [0.4, 0.5) is 0 Å². The molecule has 3 unspecified atom stereocenters. The number of nitrogens with zero attached hydrogens (tertiary/aromatic N) is 1. The lowest BCUT2D eigenvalue weighted by Crippen LogP contribution is -2.55. The number of likely N-dealkylation sites (tertiary alicyclic amines) is 1. The number of β-amino-alcohol motifs (C(OH)–C–C–N with tert-alkyl or cyclic N) is 2. The van der Waals surface area contributed by atoms with Crippen molar-refractivity contribution in [1.82, 2.24) is 4.90 Å². The molecule has 1 fully saturated rings. The first kappa shape index (κ1) is 12.5. The lowest BCUT2D eigenvalue weighted by atomic mass is 9.98. The van der Waals surface area contributed by atoms with Crippen LogP contribution in [0.5, 0.6) is 0 Å². The minimum atomic E-state index is -1.03. The van der Waals surface area contributed by atoms with Crippen LogP contribution < -0.4 is 0 Å². The van der Waals surface area contributed by atoms with Crippen LogP contribution in [0.15, 0.2) is 30.3 Å². The first-order valence-electron chi connectivity index (χ1n) is 5.93. The van der Waals surface area contributed by atoms with E-state index in [1.807, 2.05) is 42.2 Å². The van der Waals surface area contributed by atoms with Crippen LogP contribution in [-0.2, 0) is 0 Å². The molecular weight excluding hydrogens is 218 g/mol. The highest BCUT2D eigenvalue weighted by atomic mass is 16.4. The van der Waals surface area contributed by atoms with E-state index in [1.54, 1.807) is 0 Å². The number of hydrogen-bond acceptors (Lipinski definition) is 4. The van der Waals surface area contributed by atoms with Gasteiger partial charge in [0.25, 0.3) is 0 Å². The van der Waals surface area contributed by atoms with Crippen molar-refractivity contribution in [1.29, 1.82) is 0 Å². The van der Waals surface area contributed by atoms with Gasteiger partial charge in [-0.15, -0.1) is 0 Å². The van der Waals surface area contributed by atoms with E-state index in [9.17, 15) is 15.3 Å². The van der Waals surface area contributed by atoms with Crippen LogP contribution in [0, 0.1) is 0 Å². The Hall–Kier alpha value is -0.940. The van der Waals surface area contributed by atoms with Crippen molar-refractivity contribution in [3.05, 3.63) is 35.9 Å². The van der Waals surface area contributed by atoms with Crippen molar-refractivity contribution in [2.24, 2.45) is 0 Å². The molecule has 1 aliphatic rings. The molecule has 4 nitrogen and oxygen atoms in total. The number of aliphatic hydroxyl groups is 3. The van der Waals surface area contributed by atoms with Crippen molar-refractivity contribution in [2.45, 2.75) is 31.3 Å². The summed E-state index contributed by atoms with van der Waals surface area (Å²) in [7, 11) is 0. The Balaban J connectivity index is 2.08. The van der Waals surface area contributed by atoms with Crippen LogP contribution in [-0.4, -0.2) is 51.6 Å². The molecule has 2 rings (SSSR count). The van der Waals surface area contributed by atoms with Gasteiger partial charge in [0.05, 0.1) is 12.2 Å². The molecule has 0 amide bonds. The first-order valence-corrected chi connectivity index (χ1v) is 5.93. The molecule has 0 radical (unpaired) electrons. The predicted molar refractivity (Wildman–Crippen MR) is 64.5 cm³/mol. The molecule has 1 aromatic rings. The fourth-order valence-corrected chi connectivity index (χ4v) is 2.29. The number of piperidine rings is 1. The van der Waals surface area contributed by atoms with Crippen LogP contribution in [0.2, 0.25) is 0 Å². The summed E-state index contributed by atoms with van der Waals surface area (Å²) in [5.41, 5.74) is 1.14. The third-order valence-electron chi connectivity index (χ3n) is 3.46. The molecule has 0 saturated carbocycles. The lowest BCUT2D eigenvalue weighted by Gasteiger charge is -2.40. The maximum Gasteiger partial charge on any atom is 0.108 e. The second-order valence-corrected chi connectivity index (χ2v) is 4.67. The molecule has 3 atom stereocenters. The zero-order valence-corrected chi connectivity index (χ0v) is 9.90. The van der Waals surface area contributed by atoms with E-state index in [1.165, 1.54) is 0 Å². The molecule has 4 heteroatoms. The van der Waals surface area contributed by atoms with Gasteiger partial charge in [-0.25, -0.2) is 0 Å². The van der Waals surface area contributed by atoms with Crippen molar-refractivity contribution < 1.29 is 15.3 Å². The van der Waals surface area contributed by atoms with Crippen LogP contribution in [0.3, 0.4) is 0 Å². The second kappa shape index (κ2) is 5.14. The highest BCUT2D eigenvalue weighted by Crippen LogP contribution is 2.24. The van der Waals surface area contributed by atoms with E-state index in [2.05, 4.69) is 0 Å². The summed E-state index contributed by atoms with van der Waals surface area (Å²) in [5, 5.41) is 28.8. The van der Waals surface area contributed by atoms with Gasteiger partial charge in [-0.3, -0.25) is 4.90 Å². The van der Waals surface area contributed by atoms with Crippen LogP contribution in [0.1, 0.15) is 18.5 Å². The van der Waals surface area contributed by atoms with Crippen molar-refractivity contribution >= 4 is 0 Å². The summed E-state index contributed by atoms with van der Waals surface area (Å²) < 4.78 is 0. The molecule has 0 aromatic heterocycles. The zero-order valence-electron chi connectivity index (χ0n) is 9.90. The van der Waals surface area contributed by atoms with E-state index in [4.69, 9.17) is 0 Å². The Morgan fingerprint density at radius 3 is 2.12 bits per heavy atom. The Bertz CT molecular complexity index is 345. The topological polar surface area (TPSA) is 63.9 Å². The number of hydrogen-bond donors (Lipinski definition) is 3. The molecule has 17 heavy (non-hydrogen) atoms. The summed E-state index contributed by atoms with van der Waals surface area (Å²) in [6.45, 7) is 2.80. The van der Waals surface area contributed by atoms with Crippen molar-refractivity contribution in [3.63, 3.8) is 0 Å². The van der Waals surface area contributed by atoms with Crippen molar-refractivity contribution in [3.8, 4) is 0 Å². The zero-order chi connectivity index (χ0) is 12.4. The highest BCUT2D eigenvalue weighted by Gasteiger charge is 2.35. The maximum atomic E-state index is 9.66.